The second-order valence-corrected chi connectivity index (χ2v) is 6.77. The van der Waals surface area contributed by atoms with Crippen LogP contribution in [0.4, 0.5) is 5.69 Å². The summed E-state index contributed by atoms with van der Waals surface area (Å²) >= 11 is 3.57. The Hall–Kier alpha value is -2.14. The van der Waals surface area contributed by atoms with Crippen LogP contribution < -0.4 is 4.90 Å². The molecule has 0 radical (unpaired) electrons. The molecule has 0 N–H and O–H groups in total. The van der Waals surface area contributed by atoms with Gasteiger partial charge in [-0.15, -0.1) is 0 Å². The molecule has 0 aliphatic heterocycles. The number of carbonyl (C=O) groups excluding carboxylic acids is 1. The van der Waals surface area contributed by atoms with Crippen molar-refractivity contribution in [3.63, 3.8) is 0 Å². The van der Waals surface area contributed by atoms with E-state index in [0.29, 0.717) is 5.69 Å². The third kappa shape index (κ3) is 2.96. The minimum absolute atomic E-state index is 0.0466. The summed E-state index contributed by atoms with van der Waals surface area (Å²) in [5.74, 6) is -0.0466. The molecule has 1 aromatic carbocycles. The van der Waals surface area contributed by atoms with Gasteiger partial charge < -0.3 is 4.90 Å². The molecule has 0 spiro atoms. The van der Waals surface area contributed by atoms with Gasteiger partial charge in [0, 0.05) is 18.9 Å². The zero-order valence-electron chi connectivity index (χ0n) is 14.1. The number of imidazole rings is 1. The van der Waals surface area contributed by atoms with E-state index in [0.717, 1.165) is 39.9 Å². The predicted octanol–water partition coefficient (Wildman–Crippen LogP) is 4.63. The van der Waals surface area contributed by atoms with Gasteiger partial charge >= 0.3 is 0 Å². The third-order valence-electron chi connectivity index (χ3n) is 4.02. The van der Waals surface area contributed by atoms with Crippen LogP contribution in [0.3, 0.4) is 0 Å². The third-order valence-corrected chi connectivity index (χ3v) is 4.61. The summed E-state index contributed by atoms with van der Waals surface area (Å²) in [4.78, 5) is 19.6. The number of hydrogen-bond acceptors (Lipinski definition) is 2. The first-order chi connectivity index (χ1) is 11.5. The summed E-state index contributed by atoms with van der Waals surface area (Å²) in [7, 11) is 1.80. The van der Waals surface area contributed by atoms with E-state index < -0.39 is 0 Å². The van der Waals surface area contributed by atoms with E-state index in [-0.39, 0.29) is 5.91 Å². The van der Waals surface area contributed by atoms with Crippen LogP contribution in [0.2, 0.25) is 0 Å². The van der Waals surface area contributed by atoms with Crippen molar-refractivity contribution in [2.24, 2.45) is 0 Å². The van der Waals surface area contributed by atoms with Crippen molar-refractivity contribution in [3.8, 4) is 0 Å². The fraction of sp³-hybridized carbons (Fsp3) is 0.263. The fourth-order valence-corrected chi connectivity index (χ4v) is 3.49. The average Bonchev–Trinajstić information content (AvgIpc) is 2.93. The molecular weight excluding hydrogens is 366 g/mol. The molecule has 3 rings (SSSR count). The molecule has 2 heterocycles. The maximum absolute atomic E-state index is 13.2. The molecule has 3 aromatic rings. The van der Waals surface area contributed by atoms with Gasteiger partial charge in [0.2, 0.25) is 0 Å². The zero-order chi connectivity index (χ0) is 17.3. The molecule has 24 heavy (non-hydrogen) atoms. The minimum atomic E-state index is -0.0466. The van der Waals surface area contributed by atoms with Crippen molar-refractivity contribution in [3.05, 3.63) is 64.0 Å². The summed E-state index contributed by atoms with van der Waals surface area (Å²) < 4.78 is 2.81. The molecule has 0 saturated carbocycles. The normalized spacial score (nSPS) is 11.0. The highest BCUT2D eigenvalue weighted by molar-refractivity contribution is 9.10. The summed E-state index contributed by atoms with van der Waals surface area (Å²) in [6.45, 7) is 4.11. The number of aryl methyl sites for hydroxylation is 2. The Morgan fingerprint density at radius 3 is 2.67 bits per heavy atom. The van der Waals surface area contributed by atoms with Crippen LogP contribution in [0.25, 0.3) is 5.65 Å². The van der Waals surface area contributed by atoms with Gasteiger partial charge in [0.1, 0.15) is 5.69 Å². The van der Waals surface area contributed by atoms with Crippen LogP contribution in [0, 0.1) is 6.92 Å². The Balaban J connectivity index is 2.16. The number of halogens is 1. The highest BCUT2D eigenvalue weighted by Gasteiger charge is 2.23. The van der Waals surface area contributed by atoms with E-state index in [1.54, 1.807) is 11.9 Å². The summed E-state index contributed by atoms with van der Waals surface area (Å²) in [5, 5.41) is 0. The molecule has 5 heteroatoms. The largest absolute Gasteiger partial charge is 0.310 e. The van der Waals surface area contributed by atoms with Gasteiger partial charge in [0.05, 0.1) is 10.2 Å². The van der Waals surface area contributed by atoms with Crippen LogP contribution in [0.5, 0.6) is 0 Å². The van der Waals surface area contributed by atoms with Crippen LogP contribution in [-0.4, -0.2) is 22.3 Å². The van der Waals surface area contributed by atoms with Gasteiger partial charge in [-0.25, -0.2) is 4.98 Å². The second kappa shape index (κ2) is 6.77. The zero-order valence-corrected chi connectivity index (χ0v) is 15.7. The Morgan fingerprint density at radius 1 is 1.29 bits per heavy atom. The topological polar surface area (TPSA) is 37.6 Å². The minimum Gasteiger partial charge on any atom is -0.310 e. The number of rotatable bonds is 4. The lowest BCUT2D eigenvalue weighted by atomic mass is 10.2. The van der Waals surface area contributed by atoms with Crippen molar-refractivity contribution in [1.82, 2.24) is 9.38 Å². The van der Waals surface area contributed by atoms with E-state index in [9.17, 15) is 4.79 Å². The molecule has 0 aliphatic carbocycles. The standard InChI is InChI=1S/C19H20BrN3O/c1-4-8-16-17(19(24)22(3)14-9-6-5-7-10-14)23-12-13(2)11-15(20)18(23)21-16/h5-7,9-12H,4,8H2,1-3H3. The number of pyridine rings is 1. The highest BCUT2D eigenvalue weighted by Crippen LogP contribution is 2.25. The van der Waals surface area contributed by atoms with E-state index >= 15 is 0 Å². The molecule has 0 atom stereocenters. The van der Waals surface area contributed by atoms with Crippen molar-refractivity contribution >= 4 is 33.2 Å². The number of nitrogens with zero attached hydrogens (tertiary/aromatic N) is 3. The maximum atomic E-state index is 13.2. The molecule has 0 unspecified atom stereocenters. The van der Waals surface area contributed by atoms with Gasteiger partial charge in [-0.2, -0.15) is 0 Å². The number of amides is 1. The van der Waals surface area contributed by atoms with Crippen molar-refractivity contribution < 1.29 is 4.79 Å². The SMILES string of the molecule is CCCc1nc2c(Br)cc(C)cn2c1C(=O)N(C)c1ccccc1. The van der Waals surface area contributed by atoms with E-state index in [4.69, 9.17) is 4.98 Å². The van der Waals surface area contributed by atoms with E-state index in [1.165, 1.54) is 0 Å². The second-order valence-electron chi connectivity index (χ2n) is 5.92. The number of benzene rings is 1. The number of hydrogen-bond donors (Lipinski definition) is 0. The number of para-hydroxylation sites is 1. The number of aromatic nitrogens is 2. The summed E-state index contributed by atoms with van der Waals surface area (Å²) in [6, 6.07) is 11.7. The molecule has 124 valence electrons. The van der Waals surface area contributed by atoms with Crippen LogP contribution in [-0.2, 0) is 6.42 Å². The van der Waals surface area contributed by atoms with Gasteiger partial charge in [0.25, 0.3) is 5.91 Å². The molecule has 0 fully saturated rings. The molecule has 4 nitrogen and oxygen atoms in total. The van der Waals surface area contributed by atoms with Gasteiger partial charge in [-0.1, -0.05) is 31.5 Å². The molecule has 0 aliphatic rings. The lowest BCUT2D eigenvalue weighted by molar-refractivity contribution is 0.0986. The van der Waals surface area contributed by atoms with Crippen molar-refractivity contribution in [2.75, 3.05) is 11.9 Å². The number of fused-ring (bicyclic) bond motifs is 1. The lowest BCUT2D eigenvalue weighted by Crippen LogP contribution is -2.28. The Kier molecular flexibility index (Phi) is 4.71. The van der Waals surface area contributed by atoms with Crippen LogP contribution in [0.1, 0.15) is 35.1 Å². The smallest absolute Gasteiger partial charge is 0.276 e. The van der Waals surface area contributed by atoms with Crippen molar-refractivity contribution in [1.29, 1.82) is 0 Å². The summed E-state index contributed by atoms with van der Waals surface area (Å²) in [6.07, 6.45) is 3.69. The number of anilines is 1. The molecular formula is C19H20BrN3O. The molecule has 0 bridgehead atoms. The highest BCUT2D eigenvalue weighted by atomic mass is 79.9. The van der Waals surface area contributed by atoms with Crippen molar-refractivity contribution in [2.45, 2.75) is 26.7 Å². The predicted molar refractivity (Wildman–Crippen MR) is 101 cm³/mol. The molecule has 2 aromatic heterocycles. The average molecular weight is 386 g/mol. The first kappa shape index (κ1) is 16.7. The summed E-state index contributed by atoms with van der Waals surface area (Å²) in [5.41, 5.74) is 4.21. The fourth-order valence-electron chi connectivity index (χ4n) is 2.84. The van der Waals surface area contributed by atoms with Crippen LogP contribution in [0.15, 0.2) is 47.1 Å². The Bertz CT molecular complexity index is 887. The quantitative estimate of drug-likeness (QED) is 0.656. The van der Waals surface area contributed by atoms with Crippen LogP contribution >= 0.6 is 15.9 Å². The van der Waals surface area contributed by atoms with E-state index in [1.807, 2.05) is 53.9 Å². The Morgan fingerprint density at radius 2 is 2.00 bits per heavy atom. The number of carbonyl (C=O) groups is 1. The monoisotopic (exact) mass is 385 g/mol. The first-order valence-electron chi connectivity index (χ1n) is 8.03. The van der Waals surface area contributed by atoms with Gasteiger partial charge in [0.15, 0.2) is 5.65 Å². The van der Waals surface area contributed by atoms with Gasteiger partial charge in [-0.3, -0.25) is 9.20 Å². The lowest BCUT2D eigenvalue weighted by Gasteiger charge is -2.18. The first-order valence-corrected chi connectivity index (χ1v) is 8.82. The van der Waals surface area contributed by atoms with Gasteiger partial charge in [-0.05, 0) is 53.0 Å². The Labute approximate surface area is 150 Å². The molecule has 1 amide bonds. The molecule has 0 saturated heterocycles. The van der Waals surface area contributed by atoms with E-state index in [2.05, 4.69) is 22.9 Å². The maximum Gasteiger partial charge on any atom is 0.276 e.